The molecular formula is C33H36N2O4. The Labute approximate surface area is 229 Å². The van der Waals surface area contributed by atoms with E-state index < -0.39 is 17.1 Å². The van der Waals surface area contributed by atoms with Crippen LogP contribution in [0.15, 0.2) is 54.1 Å². The zero-order valence-corrected chi connectivity index (χ0v) is 22.5. The average Bonchev–Trinajstić information content (AvgIpc) is 3.88. The molecule has 2 N–H and O–H groups in total. The number of phenols is 1. The van der Waals surface area contributed by atoms with Gasteiger partial charge < -0.3 is 19.8 Å². The molecule has 6 heteroatoms. The van der Waals surface area contributed by atoms with Gasteiger partial charge in [-0.3, -0.25) is 9.69 Å². The monoisotopic (exact) mass is 524 g/mol. The van der Waals surface area contributed by atoms with Crippen LogP contribution in [0.4, 0.5) is 0 Å². The zero-order chi connectivity index (χ0) is 26.3. The predicted molar refractivity (Wildman–Crippen MR) is 146 cm³/mol. The Balaban J connectivity index is 1.16. The minimum atomic E-state index is -1.37. The molecule has 4 fully saturated rings. The smallest absolute Gasteiger partial charge is 0.252 e. The lowest BCUT2D eigenvalue weighted by Crippen LogP contribution is -2.78. The van der Waals surface area contributed by atoms with Gasteiger partial charge in [-0.1, -0.05) is 42.5 Å². The Morgan fingerprint density at radius 2 is 1.95 bits per heavy atom. The zero-order valence-electron chi connectivity index (χ0n) is 22.5. The number of carbonyl (C=O) groups excluding carboxylic acids is 1. The lowest BCUT2D eigenvalue weighted by atomic mass is 9.38. The van der Waals surface area contributed by atoms with Gasteiger partial charge in [0, 0.05) is 48.1 Å². The SMILES string of the molecule is CN(C(=O)C1=C[C@@]23CC[C@]1(O)[C@@H]1Oc4c(O)ccc5c4[C@@]12CCN(CC1CC1)[C@@H]3C5)[C@H]1C[C@@H]1c1ccccc1. The number of carbonyl (C=O) groups is 1. The Kier molecular flexibility index (Phi) is 4.27. The molecule has 0 radical (unpaired) electrons. The van der Waals surface area contributed by atoms with Crippen LogP contribution in [0.1, 0.15) is 61.1 Å². The number of likely N-dealkylation sites (tertiary alicyclic amines) is 1. The van der Waals surface area contributed by atoms with Crippen LogP contribution >= 0.6 is 0 Å². The van der Waals surface area contributed by atoms with Crippen molar-refractivity contribution in [3.05, 3.63) is 70.8 Å². The van der Waals surface area contributed by atoms with E-state index in [1.54, 1.807) is 6.07 Å². The number of likely N-dealkylation sites (N-methyl/N-ethyl adjacent to an activating group) is 1. The minimum Gasteiger partial charge on any atom is -0.504 e. The largest absolute Gasteiger partial charge is 0.504 e. The lowest BCUT2D eigenvalue weighted by molar-refractivity contribution is -0.188. The van der Waals surface area contributed by atoms with E-state index in [1.807, 2.05) is 18.0 Å². The third-order valence-corrected chi connectivity index (χ3v) is 11.9. The van der Waals surface area contributed by atoms with Crippen LogP contribution in [0.25, 0.3) is 0 Å². The van der Waals surface area contributed by atoms with Gasteiger partial charge in [-0.25, -0.2) is 0 Å². The van der Waals surface area contributed by atoms with Gasteiger partial charge in [0.15, 0.2) is 11.5 Å². The molecule has 1 saturated heterocycles. The first-order valence-corrected chi connectivity index (χ1v) is 14.9. The van der Waals surface area contributed by atoms with E-state index in [4.69, 9.17) is 4.74 Å². The number of fused-ring (bicyclic) bond motifs is 1. The molecule has 39 heavy (non-hydrogen) atoms. The molecule has 2 heterocycles. The van der Waals surface area contributed by atoms with E-state index >= 15 is 0 Å². The fourth-order valence-electron chi connectivity index (χ4n) is 9.81. The number of aliphatic hydroxyl groups is 1. The quantitative estimate of drug-likeness (QED) is 0.621. The molecule has 6 aliphatic carbocycles. The van der Waals surface area contributed by atoms with Crippen molar-refractivity contribution in [2.24, 2.45) is 11.3 Å². The van der Waals surface area contributed by atoms with Gasteiger partial charge in [-0.05, 0) is 74.6 Å². The van der Waals surface area contributed by atoms with Crippen molar-refractivity contribution >= 4 is 5.91 Å². The van der Waals surface area contributed by atoms with Crippen molar-refractivity contribution in [2.75, 3.05) is 20.1 Å². The predicted octanol–water partition coefficient (Wildman–Crippen LogP) is 3.90. The van der Waals surface area contributed by atoms with E-state index in [9.17, 15) is 15.0 Å². The molecule has 2 aliphatic heterocycles. The van der Waals surface area contributed by atoms with Gasteiger partial charge >= 0.3 is 0 Å². The number of aromatic hydroxyl groups is 1. The standard InChI is InChI=1S/C33H36N2O4/c1-34(24-16-22(24)20-5-3-2-4-6-20)29(37)23-17-31-11-12-33(23,38)30-32(31)13-14-35(18-19-7-8-19)26(31)15-21-9-10-25(36)28(39-30)27(21)32/h2-6,9-10,17,19,22,24,26,30,36,38H,7-8,11-16,18H2,1H3/t22-,24+,26-,30-,31-,32+,33-/m1/s1. The first-order chi connectivity index (χ1) is 18.9. The molecular weight excluding hydrogens is 488 g/mol. The number of amides is 1. The van der Waals surface area contributed by atoms with Gasteiger partial charge in [-0.15, -0.1) is 0 Å². The molecule has 0 aromatic heterocycles. The van der Waals surface area contributed by atoms with Crippen LogP contribution in [0.2, 0.25) is 0 Å². The van der Waals surface area contributed by atoms with E-state index in [-0.39, 0.29) is 29.2 Å². The van der Waals surface area contributed by atoms with Gasteiger partial charge in [0.1, 0.15) is 11.7 Å². The number of hydrogen-bond donors (Lipinski definition) is 2. The van der Waals surface area contributed by atoms with Crippen molar-refractivity contribution in [1.29, 1.82) is 0 Å². The highest BCUT2D eigenvalue weighted by Gasteiger charge is 2.79. The Morgan fingerprint density at radius 3 is 2.74 bits per heavy atom. The highest BCUT2D eigenvalue weighted by molar-refractivity contribution is 5.97. The highest BCUT2D eigenvalue weighted by Crippen LogP contribution is 2.74. The molecule has 2 spiro atoms. The Bertz CT molecular complexity index is 1450. The maximum atomic E-state index is 14.3. The third kappa shape index (κ3) is 2.68. The molecule has 3 saturated carbocycles. The summed E-state index contributed by atoms with van der Waals surface area (Å²) in [5, 5.41) is 23.5. The maximum absolute atomic E-state index is 14.3. The lowest BCUT2D eigenvalue weighted by Gasteiger charge is -2.70. The molecule has 0 unspecified atom stereocenters. The summed E-state index contributed by atoms with van der Waals surface area (Å²) < 4.78 is 6.67. The molecule has 6 nitrogen and oxygen atoms in total. The second-order valence-corrected chi connectivity index (χ2v) is 13.6. The maximum Gasteiger partial charge on any atom is 0.252 e. The van der Waals surface area contributed by atoms with E-state index in [0.29, 0.717) is 23.7 Å². The van der Waals surface area contributed by atoms with Crippen molar-refractivity contribution in [1.82, 2.24) is 9.80 Å². The summed E-state index contributed by atoms with van der Waals surface area (Å²) in [5.41, 5.74) is 2.12. The number of nitrogens with zero attached hydrogens (tertiary/aromatic N) is 2. The van der Waals surface area contributed by atoms with Crippen molar-refractivity contribution < 1.29 is 19.7 Å². The topological polar surface area (TPSA) is 73.2 Å². The fraction of sp³-hybridized carbons (Fsp3) is 0.545. The van der Waals surface area contributed by atoms with Crippen LogP contribution in [0, 0.1) is 11.3 Å². The van der Waals surface area contributed by atoms with Crippen molar-refractivity contribution in [2.45, 2.75) is 80.1 Å². The molecule has 1 amide bonds. The molecule has 202 valence electrons. The summed E-state index contributed by atoms with van der Waals surface area (Å²) >= 11 is 0. The number of hydrogen-bond acceptors (Lipinski definition) is 5. The highest BCUT2D eigenvalue weighted by atomic mass is 16.5. The van der Waals surface area contributed by atoms with E-state index in [0.717, 1.165) is 50.3 Å². The number of piperidine rings is 1. The van der Waals surface area contributed by atoms with Gasteiger partial charge in [0.05, 0.1) is 5.41 Å². The molecule has 4 bridgehead atoms. The normalized spacial score (nSPS) is 40.5. The molecule has 10 rings (SSSR count). The van der Waals surface area contributed by atoms with Crippen LogP contribution in [0.5, 0.6) is 11.5 Å². The Hall–Kier alpha value is -2.83. The summed E-state index contributed by atoms with van der Waals surface area (Å²) in [6.07, 6.45) is 8.43. The summed E-state index contributed by atoms with van der Waals surface area (Å²) in [7, 11) is 1.91. The van der Waals surface area contributed by atoms with E-state index in [1.165, 1.54) is 24.0 Å². The number of rotatable bonds is 5. The second kappa shape index (κ2) is 7.27. The van der Waals surface area contributed by atoms with Crippen LogP contribution in [-0.2, 0) is 16.6 Å². The number of ether oxygens (including phenoxy) is 1. The average molecular weight is 525 g/mol. The summed E-state index contributed by atoms with van der Waals surface area (Å²) in [5.74, 6) is 1.78. The van der Waals surface area contributed by atoms with Gasteiger partial charge in [-0.2, -0.15) is 0 Å². The molecule has 8 aliphatic rings. The first-order valence-electron chi connectivity index (χ1n) is 14.9. The van der Waals surface area contributed by atoms with Gasteiger partial charge in [0.25, 0.3) is 5.91 Å². The third-order valence-electron chi connectivity index (χ3n) is 11.9. The molecule has 7 atom stereocenters. The Morgan fingerprint density at radius 1 is 1.13 bits per heavy atom. The molecule has 2 aromatic rings. The fourth-order valence-corrected chi connectivity index (χ4v) is 9.81. The second-order valence-electron chi connectivity index (χ2n) is 13.6. The minimum absolute atomic E-state index is 0.0590. The van der Waals surface area contributed by atoms with Crippen LogP contribution < -0.4 is 4.74 Å². The van der Waals surface area contributed by atoms with Crippen LogP contribution in [0.3, 0.4) is 0 Å². The summed E-state index contributed by atoms with van der Waals surface area (Å²) in [6.45, 7) is 2.10. The summed E-state index contributed by atoms with van der Waals surface area (Å²) in [4.78, 5) is 18.9. The van der Waals surface area contributed by atoms with E-state index in [2.05, 4.69) is 41.3 Å². The van der Waals surface area contributed by atoms with Crippen molar-refractivity contribution in [3.63, 3.8) is 0 Å². The number of phenolic OH excluding ortho intramolecular Hbond substituents is 1. The number of benzene rings is 2. The molecule has 2 aromatic carbocycles. The first kappa shape index (κ1) is 22.9. The van der Waals surface area contributed by atoms with Crippen molar-refractivity contribution in [3.8, 4) is 11.5 Å². The van der Waals surface area contributed by atoms with Crippen LogP contribution in [-0.4, -0.2) is 69.8 Å². The van der Waals surface area contributed by atoms with Gasteiger partial charge in [0.2, 0.25) is 0 Å². The summed E-state index contributed by atoms with van der Waals surface area (Å²) in [6, 6.07) is 14.7.